The maximum atomic E-state index is 12.5. The van der Waals surface area contributed by atoms with Gasteiger partial charge in [0, 0.05) is 18.5 Å². The Balaban J connectivity index is 1.85. The minimum atomic E-state index is -0.0238. The molecule has 0 saturated carbocycles. The Bertz CT molecular complexity index is 606. The zero-order valence-electron chi connectivity index (χ0n) is 10.6. The van der Waals surface area contributed by atoms with E-state index in [0.717, 1.165) is 11.3 Å². The number of rotatable bonds is 2. The van der Waals surface area contributed by atoms with Crippen molar-refractivity contribution in [1.82, 2.24) is 10.1 Å². The first-order chi connectivity index (χ1) is 9.29. The zero-order chi connectivity index (χ0) is 13.2. The van der Waals surface area contributed by atoms with Gasteiger partial charge in [0.2, 0.25) is 0 Å². The summed E-state index contributed by atoms with van der Waals surface area (Å²) < 4.78 is 10.4. The molecule has 2 aromatic rings. The van der Waals surface area contributed by atoms with E-state index in [2.05, 4.69) is 5.16 Å². The fourth-order valence-electron chi connectivity index (χ4n) is 2.31. The van der Waals surface area contributed by atoms with Crippen molar-refractivity contribution in [3.8, 4) is 5.75 Å². The molecule has 1 aromatic heterocycles. The molecule has 19 heavy (non-hydrogen) atoms. The Morgan fingerprint density at radius 2 is 2.26 bits per heavy atom. The number of hydrogen-bond acceptors (Lipinski definition) is 4. The average Bonchev–Trinajstić information content (AvgIpc) is 2.93. The van der Waals surface area contributed by atoms with E-state index in [1.807, 2.05) is 12.1 Å². The first-order valence-corrected chi connectivity index (χ1v) is 6.14. The number of ether oxygens (including phenoxy) is 1. The summed E-state index contributed by atoms with van der Waals surface area (Å²) in [5, 5.41) is 3.77. The number of hydrogen-bond donors (Lipinski definition) is 0. The highest BCUT2D eigenvalue weighted by Crippen LogP contribution is 2.24. The summed E-state index contributed by atoms with van der Waals surface area (Å²) in [5.41, 5.74) is 1.57. The van der Waals surface area contributed by atoms with Gasteiger partial charge in [0.05, 0.1) is 25.4 Å². The maximum absolute atomic E-state index is 12.5. The summed E-state index contributed by atoms with van der Waals surface area (Å²) in [7, 11) is 1.57. The Labute approximate surface area is 110 Å². The van der Waals surface area contributed by atoms with Gasteiger partial charge >= 0.3 is 0 Å². The van der Waals surface area contributed by atoms with Crippen molar-refractivity contribution in [2.24, 2.45) is 0 Å². The van der Waals surface area contributed by atoms with Crippen LogP contribution < -0.4 is 4.74 Å². The summed E-state index contributed by atoms with van der Waals surface area (Å²) in [4.78, 5) is 14.3. The third-order valence-electron chi connectivity index (χ3n) is 3.32. The first-order valence-electron chi connectivity index (χ1n) is 6.14. The molecule has 98 valence electrons. The van der Waals surface area contributed by atoms with Crippen molar-refractivity contribution in [3.63, 3.8) is 0 Å². The van der Waals surface area contributed by atoms with Crippen LogP contribution in [0.3, 0.4) is 0 Å². The summed E-state index contributed by atoms with van der Waals surface area (Å²) in [6, 6.07) is 7.26. The number of para-hydroxylation sites is 1. The summed E-state index contributed by atoms with van der Waals surface area (Å²) >= 11 is 0. The molecule has 0 atom stereocenters. The minimum Gasteiger partial charge on any atom is -0.496 e. The smallest absolute Gasteiger partial charge is 0.257 e. The molecule has 0 bridgehead atoms. The SMILES string of the molecule is COc1ccccc1C(=O)N1CCc2oncc2C1. The first kappa shape index (κ1) is 11.8. The van der Waals surface area contributed by atoms with Gasteiger partial charge in [-0.05, 0) is 12.1 Å². The van der Waals surface area contributed by atoms with Crippen molar-refractivity contribution in [2.75, 3.05) is 13.7 Å². The number of fused-ring (bicyclic) bond motifs is 1. The van der Waals surface area contributed by atoms with E-state index in [0.29, 0.717) is 30.8 Å². The van der Waals surface area contributed by atoms with Crippen LogP contribution in [-0.2, 0) is 13.0 Å². The molecule has 0 aliphatic carbocycles. The van der Waals surface area contributed by atoms with Gasteiger partial charge in [-0.1, -0.05) is 17.3 Å². The van der Waals surface area contributed by atoms with E-state index >= 15 is 0 Å². The van der Waals surface area contributed by atoms with Gasteiger partial charge in [-0.25, -0.2) is 0 Å². The van der Waals surface area contributed by atoms with Gasteiger partial charge in [-0.3, -0.25) is 4.79 Å². The van der Waals surface area contributed by atoms with Crippen molar-refractivity contribution in [2.45, 2.75) is 13.0 Å². The standard InChI is InChI=1S/C14H14N2O3/c1-18-13-5-3-2-4-11(13)14(17)16-7-6-12-10(9-16)8-15-19-12/h2-5,8H,6-7,9H2,1H3. The predicted molar refractivity (Wildman–Crippen MR) is 67.9 cm³/mol. The lowest BCUT2D eigenvalue weighted by Crippen LogP contribution is -2.35. The van der Waals surface area contributed by atoms with Gasteiger partial charge in [0.25, 0.3) is 5.91 Å². The van der Waals surface area contributed by atoms with Crippen molar-refractivity contribution >= 4 is 5.91 Å². The number of benzene rings is 1. The number of amides is 1. The lowest BCUT2D eigenvalue weighted by Gasteiger charge is -2.26. The molecule has 0 radical (unpaired) electrons. The average molecular weight is 258 g/mol. The number of nitrogens with zero attached hydrogens (tertiary/aromatic N) is 2. The predicted octanol–water partition coefficient (Wildman–Crippen LogP) is 1.88. The van der Waals surface area contributed by atoms with Crippen LogP contribution in [0.25, 0.3) is 0 Å². The van der Waals surface area contributed by atoms with E-state index in [4.69, 9.17) is 9.26 Å². The van der Waals surface area contributed by atoms with E-state index in [1.54, 1.807) is 30.3 Å². The van der Waals surface area contributed by atoms with Crippen molar-refractivity contribution in [1.29, 1.82) is 0 Å². The second-order valence-electron chi connectivity index (χ2n) is 4.45. The summed E-state index contributed by atoms with van der Waals surface area (Å²) in [6.45, 7) is 1.18. The Hall–Kier alpha value is -2.30. The van der Waals surface area contributed by atoms with Gasteiger partial charge in [-0.15, -0.1) is 0 Å². The van der Waals surface area contributed by atoms with E-state index in [-0.39, 0.29) is 5.91 Å². The molecular weight excluding hydrogens is 244 g/mol. The molecule has 0 saturated heterocycles. The summed E-state index contributed by atoms with van der Waals surface area (Å²) in [6.07, 6.45) is 2.38. The highest BCUT2D eigenvalue weighted by atomic mass is 16.5. The van der Waals surface area contributed by atoms with Gasteiger partial charge in [-0.2, -0.15) is 0 Å². The Kier molecular flexibility index (Phi) is 2.95. The summed E-state index contributed by atoms with van der Waals surface area (Å²) in [5.74, 6) is 1.46. The molecule has 0 N–H and O–H groups in total. The largest absolute Gasteiger partial charge is 0.496 e. The van der Waals surface area contributed by atoms with Crippen LogP contribution in [-0.4, -0.2) is 29.6 Å². The normalized spacial score (nSPS) is 14.1. The lowest BCUT2D eigenvalue weighted by atomic mass is 10.1. The maximum Gasteiger partial charge on any atom is 0.257 e. The molecule has 2 heterocycles. The molecule has 3 rings (SSSR count). The Morgan fingerprint density at radius 1 is 1.42 bits per heavy atom. The highest BCUT2D eigenvalue weighted by molar-refractivity contribution is 5.97. The fourth-order valence-corrected chi connectivity index (χ4v) is 2.31. The number of carbonyl (C=O) groups excluding carboxylic acids is 1. The fraction of sp³-hybridized carbons (Fsp3) is 0.286. The molecule has 1 aliphatic heterocycles. The van der Waals surface area contributed by atoms with Crippen LogP contribution >= 0.6 is 0 Å². The Morgan fingerprint density at radius 3 is 3.11 bits per heavy atom. The number of carbonyl (C=O) groups is 1. The second-order valence-corrected chi connectivity index (χ2v) is 4.45. The van der Waals surface area contributed by atoms with Crippen LogP contribution in [0.1, 0.15) is 21.7 Å². The number of aromatic nitrogens is 1. The van der Waals surface area contributed by atoms with Crippen LogP contribution in [0, 0.1) is 0 Å². The van der Waals surface area contributed by atoms with Crippen LogP contribution in [0.2, 0.25) is 0 Å². The topological polar surface area (TPSA) is 55.6 Å². The molecule has 0 unspecified atom stereocenters. The molecule has 1 amide bonds. The van der Waals surface area contributed by atoms with Crippen molar-refractivity contribution in [3.05, 3.63) is 47.3 Å². The van der Waals surface area contributed by atoms with E-state index in [9.17, 15) is 4.79 Å². The molecular formula is C14H14N2O3. The van der Waals surface area contributed by atoms with Gasteiger partial charge in [0.1, 0.15) is 11.5 Å². The highest BCUT2D eigenvalue weighted by Gasteiger charge is 2.25. The lowest BCUT2D eigenvalue weighted by molar-refractivity contribution is 0.0725. The van der Waals surface area contributed by atoms with Crippen LogP contribution in [0.15, 0.2) is 35.0 Å². The van der Waals surface area contributed by atoms with Gasteiger partial charge in [0.15, 0.2) is 0 Å². The molecule has 0 spiro atoms. The van der Waals surface area contributed by atoms with Crippen LogP contribution in [0.4, 0.5) is 0 Å². The number of methoxy groups -OCH3 is 1. The molecule has 1 aromatic carbocycles. The second kappa shape index (κ2) is 4.76. The van der Waals surface area contributed by atoms with Crippen LogP contribution in [0.5, 0.6) is 5.75 Å². The zero-order valence-corrected chi connectivity index (χ0v) is 10.6. The monoisotopic (exact) mass is 258 g/mol. The van der Waals surface area contributed by atoms with Crippen molar-refractivity contribution < 1.29 is 14.1 Å². The quantitative estimate of drug-likeness (QED) is 0.825. The molecule has 1 aliphatic rings. The molecule has 0 fully saturated rings. The van der Waals surface area contributed by atoms with E-state index < -0.39 is 0 Å². The molecule has 5 heteroatoms. The van der Waals surface area contributed by atoms with E-state index in [1.165, 1.54) is 0 Å². The third kappa shape index (κ3) is 2.07. The third-order valence-corrected chi connectivity index (χ3v) is 3.32. The van der Waals surface area contributed by atoms with Gasteiger partial charge < -0.3 is 14.2 Å². The molecule has 5 nitrogen and oxygen atoms in total. The minimum absolute atomic E-state index is 0.0238.